The number of hydrogen-bond donors (Lipinski definition) is 1. The van der Waals surface area contributed by atoms with E-state index in [0.717, 1.165) is 54.8 Å². The Hall–Kier alpha value is -1.69. The zero-order valence-electron chi connectivity index (χ0n) is 11.6. The Labute approximate surface area is 126 Å². The van der Waals surface area contributed by atoms with Gasteiger partial charge in [0.1, 0.15) is 4.88 Å². The molecule has 2 fully saturated rings. The standard InChI is InChI=1S/C15H17NO4S/c17-11-9-15(6-3-1-2-4-7-15)14(20)16(11)10-5-8-21-12(10)13(18)19/h5,8H,1-4,6-7,9H2,(H,18,19). The number of amides is 2. The molecule has 5 nitrogen and oxygen atoms in total. The highest BCUT2D eigenvalue weighted by Crippen LogP contribution is 2.46. The van der Waals surface area contributed by atoms with Gasteiger partial charge in [-0.2, -0.15) is 0 Å². The molecule has 0 unspecified atom stereocenters. The first-order chi connectivity index (χ1) is 10.1. The van der Waals surface area contributed by atoms with Crippen molar-refractivity contribution in [1.29, 1.82) is 0 Å². The Balaban J connectivity index is 1.97. The summed E-state index contributed by atoms with van der Waals surface area (Å²) < 4.78 is 0. The second kappa shape index (κ2) is 5.26. The first-order valence-electron chi connectivity index (χ1n) is 7.23. The normalized spacial score (nSPS) is 21.8. The van der Waals surface area contributed by atoms with Crippen LogP contribution < -0.4 is 4.90 Å². The molecule has 0 bridgehead atoms. The number of nitrogens with zero attached hydrogens (tertiary/aromatic N) is 1. The predicted octanol–water partition coefficient (Wildman–Crippen LogP) is 3.05. The molecule has 1 aliphatic heterocycles. The molecule has 1 spiro atoms. The summed E-state index contributed by atoms with van der Waals surface area (Å²) in [6, 6.07) is 1.56. The number of carboxylic acid groups (broad SMARTS) is 1. The Morgan fingerprint density at radius 2 is 1.86 bits per heavy atom. The molecule has 1 saturated carbocycles. The smallest absolute Gasteiger partial charge is 0.348 e. The molecule has 1 aromatic heterocycles. The summed E-state index contributed by atoms with van der Waals surface area (Å²) in [5.74, 6) is -1.56. The van der Waals surface area contributed by atoms with E-state index in [0.29, 0.717) is 0 Å². The van der Waals surface area contributed by atoms with Crippen LogP contribution in [0.4, 0.5) is 5.69 Å². The molecule has 1 aromatic rings. The summed E-state index contributed by atoms with van der Waals surface area (Å²) in [5.41, 5.74) is -0.353. The zero-order chi connectivity index (χ0) is 15.0. The van der Waals surface area contributed by atoms with E-state index in [-0.39, 0.29) is 28.8 Å². The third-order valence-corrected chi connectivity index (χ3v) is 5.43. The predicted molar refractivity (Wildman–Crippen MR) is 78.5 cm³/mol. The SMILES string of the molecule is O=C(O)c1sccc1N1C(=O)CC2(CCCCCC2)C1=O. The highest BCUT2D eigenvalue weighted by atomic mass is 32.1. The summed E-state index contributed by atoms with van der Waals surface area (Å²) >= 11 is 1.04. The Morgan fingerprint density at radius 1 is 1.19 bits per heavy atom. The lowest BCUT2D eigenvalue weighted by atomic mass is 9.79. The molecule has 0 aromatic carbocycles. The monoisotopic (exact) mass is 307 g/mol. The number of thiophene rings is 1. The van der Waals surface area contributed by atoms with Gasteiger partial charge < -0.3 is 5.11 Å². The number of hydrogen-bond acceptors (Lipinski definition) is 4. The average Bonchev–Trinajstić information content (AvgIpc) is 2.89. The van der Waals surface area contributed by atoms with Crippen LogP contribution in [0, 0.1) is 5.41 Å². The molecular weight excluding hydrogens is 290 g/mol. The molecule has 2 amide bonds. The maximum atomic E-state index is 12.8. The highest BCUT2D eigenvalue weighted by molar-refractivity contribution is 7.12. The lowest BCUT2D eigenvalue weighted by Crippen LogP contribution is -2.36. The molecule has 1 N–H and O–H groups in total. The first kappa shape index (κ1) is 14.3. The van der Waals surface area contributed by atoms with Crippen LogP contribution in [0.3, 0.4) is 0 Å². The first-order valence-corrected chi connectivity index (χ1v) is 8.11. The van der Waals surface area contributed by atoms with Crippen molar-refractivity contribution < 1.29 is 19.5 Å². The van der Waals surface area contributed by atoms with Gasteiger partial charge >= 0.3 is 5.97 Å². The molecule has 3 rings (SSSR count). The van der Waals surface area contributed by atoms with Gasteiger partial charge in [0.05, 0.1) is 11.1 Å². The molecule has 6 heteroatoms. The van der Waals surface area contributed by atoms with E-state index in [2.05, 4.69) is 0 Å². The van der Waals surface area contributed by atoms with Crippen LogP contribution in [0.1, 0.15) is 54.6 Å². The van der Waals surface area contributed by atoms with Crippen LogP contribution in [-0.4, -0.2) is 22.9 Å². The van der Waals surface area contributed by atoms with E-state index >= 15 is 0 Å². The number of rotatable bonds is 2. The number of carbonyl (C=O) groups excluding carboxylic acids is 2. The van der Waals surface area contributed by atoms with Crippen LogP contribution in [0.5, 0.6) is 0 Å². The minimum absolute atomic E-state index is 0.0578. The number of imide groups is 1. The van der Waals surface area contributed by atoms with Crippen LogP contribution in [0.25, 0.3) is 0 Å². The quantitative estimate of drug-likeness (QED) is 0.852. The summed E-state index contributed by atoms with van der Waals surface area (Å²) in [5, 5.41) is 10.8. The molecule has 1 aliphatic carbocycles. The number of carbonyl (C=O) groups is 3. The third-order valence-electron chi connectivity index (χ3n) is 4.54. The lowest BCUT2D eigenvalue weighted by Gasteiger charge is -2.24. The Morgan fingerprint density at radius 3 is 2.48 bits per heavy atom. The van der Waals surface area contributed by atoms with E-state index in [1.54, 1.807) is 11.4 Å². The van der Waals surface area contributed by atoms with Gasteiger partial charge in [-0.3, -0.25) is 9.59 Å². The van der Waals surface area contributed by atoms with E-state index in [4.69, 9.17) is 0 Å². The molecular formula is C15H17NO4S. The second-order valence-corrected chi connectivity index (χ2v) is 6.76. The van der Waals surface area contributed by atoms with Gasteiger partial charge in [0, 0.05) is 6.42 Å². The topological polar surface area (TPSA) is 74.7 Å². The molecule has 2 aliphatic rings. The summed E-state index contributed by atoms with van der Waals surface area (Å²) in [4.78, 5) is 37.6. The van der Waals surface area contributed by atoms with Gasteiger partial charge in [0.15, 0.2) is 0 Å². The second-order valence-electron chi connectivity index (χ2n) is 5.85. The lowest BCUT2D eigenvalue weighted by molar-refractivity contribution is -0.126. The van der Waals surface area contributed by atoms with Gasteiger partial charge in [0.2, 0.25) is 11.8 Å². The zero-order valence-corrected chi connectivity index (χ0v) is 12.4. The summed E-state index contributed by atoms with van der Waals surface area (Å²) in [6.45, 7) is 0. The van der Waals surface area contributed by atoms with Crippen molar-refractivity contribution in [3.8, 4) is 0 Å². The van der Waals surface area contributed by atoms with Crippen molar-refractivity contribution in [2.75, 3.05) is 4.90 Å². The fourth-order valence-corrected chi connectivity index (χ4v) is 4.19. The van der Waals surface area contributed by atoms with Crippen LogP contribution >= 0.6 is 11.3 Å². The van der Waals surface area contributed by atoms with Crippen molar-refractivity contribution in [2.45, 2.75) is 44.9 Å². The van der Waals surface area contributed by atoms with Crippen LogP contribution in [0.15, 0.2) is 11.4 Å². The molecule has 2 heterocycles. The van der Waals surface area contributed by atoms with Crippen molar-refractivity contribution in [3.05, 3.63) is 16.3 Å². The molecule has 21 heavy (non-hydrogen) atoms. The molecule has 0 radical (unpaired) electrons. The van der Waals surface area contributed by atoms with Crippen LogP contribution in [-0.2, 0) is 9.59 Å². The van der Waals surface area contributed by atoms with Gasteiger partial charge in [-0.15, -0.1) is 11.3 Å². The number of anilines is 1. The highest BCUT2D eigenvalue weighted by Gasteiger charge is 2.52. The van der Waals surface area contributed by atoms with E-state index < -0.39 is 11.4 Å². The van der Waals surface area contributed by atoms with Crippen molar-refractivity contribution in [1.82, 2.24) is 0 Å². The maximum absolute atomic E-state index is 12.8. The van der Waals surface area contributed by atoms with Crippen LogP contribution in [0.2, 0.25) is 0 Å². The minimum atomic E-state index is -1.09. The molecule has 0 atom stereocenters. The maximum Gasteiger partial charge on any atom is 0.348 e. The summed E-state index contributed by atoms with van der Waals surface area (Å²) in [7, 11) is 0. The van der Waals surface area contributed by atoms with Crippen molar-refractivity contribution >= 4 is 34.8 Å². The largest absolute Gasteiger partial charge is 0.477 e. The fourth-order valence-electron chi connectivity index (χ4n) is 3.47. The van der Waals surface area contributed by atoms with E-state index in [9.17, 15) is 19.5 Å². The van der Waals surface area contributed by atoms with E-state index in [1.165, 1.54) is 0 Å². The summed E-state index contributed by atoms with van der Waals surface area (Å²) in [6.07, 6.45) is 5.82. The molecule has 112 valence electrons. The van der Waals surface area contributed by atoms with Gasteiger partial charge in [0.25, 0.3) is 0 Å². The van der Waals surface area contributed by atoms with E-state index in [1.807, 2.05) is 0 Å². The van der Waals surface area contributed by atoms with Crippen molar-refractivity contribution in [3.63, 3.8) is 0 Å². The van der Waals surface area contributed by atoms with Gasteiger partial charge in [-0.25, -0.2) is 9.69 Å². The molecule has 1 saturated heterocycles. The Kier molecular flexibility index (Phi) is 3.57. The van der Waals surface area contributed by atoms with Gasteiger partial charge in [-0.05, 0) is 24.3 Å². The average molecular weight is 307 g/mol. The number of aromatic carboxylic acids is 1. The van der Waals surface area contributed by atoms with Gasteiger partial charge in [-0.1, -0.05) is 25.7 Å². The number of carboxylic acids is 1. The third kappa shape index (κ3) is 2.27. The van der Waals surface area contributed by atoms with Crippen molar-refractivity contribution in [2.24, 2.45) is 5.41 Å². The minimum Gasteiger partial charge on any atom is -0.477 e. The Bertz CT molecular complexity index is 599. The fraction of sp³-hybridized carbons (Fsp3) is 0.533.